The van der Waals surface area contributed by atoms with Crippen molar-refractivity contribution >= 4 is 49.9 Å². The van der Waals surface area contributed by atoms with Gasteiger partial charge in [0.25, 0.3) is 10.0 Å². The third-order valence-electron chi connectivity index (χ3n) is 2.64. The van der Waals surface area contributed by atoms with Crippen LogP contribution in [0.1, 0.15) is 5.56 Å². The van der Waals surface area contributed by atoms with Crippen LogP contribution in [-0.2, 0) is 16.6 Å². The molecular weight excluding hydrogens is 411 g/mol. The number of rotatable bonds is 4. The van der Waals surface area contributed by atoms with Gasteiger partial charge in [-0.05, 0) is 58.5 Å². The Kier molecular flexibility index (Phi) is 4.90. The molecule has 3 N–H and O–H groups in total. The Morgan fingerprint density at radius 2 is 1.80 bits per heavy atom. The molecule has 0 saturated carbocycles. The Balaban J connectivity index is 2.30. The summed E-state index contributed by atoms with van der Waals surface area (Å²) in [5.41, 5.74) is 6.71. The summed E-state index contributed by atoms with van der Waals surface area (Å²) < 4.78 is 27.9. The van der Waals surface area contributed by atoms with Gasteiger partial charge < -0.3 is 5.73 Å². The second kappa shape index (κ2) is 6.30. The zero-order valence-electron chi connectivity index (χ0n) is 10.3. The molecule has 2 rings (SSSR count). The van der Waals surface area contributed by atoms with Crippen molar-refractivity contribution in [3.63, 3.8) is 0 Å². The van der Waals surface area contributed by atoms with E-state index in [1.165, 1.54) is 12.1 Å². The van der Waals surface area contributed by atoms with Gasteiger partial charge in [-0.2, -0.15) is 0 Å². The Morgan fingerprint density at radius 3 is 2.35 bits per heavy atom. The van der Waals surface area contributed by atoms with Crippen LogP contribution in [-0.4, -0.2) is 8.42 Å². The van der Waals surface area contributed by atoms with E-state index < -0.39 is 10.0 Å². The lowest BCUT2D eigenvalue weighted by atomic mass is 10.2. The highest BCUT2D eigenvalue weighted by Crippen LogP contribution is 2.26. The molecule has 7 heteroatoms. The van der Waals surface area contributed by atoms with E-state index in [1.54, 1.807) is 30.3 Å². The quantitative estimate of drug-likeness (QED) is 0.743. The summed E-state index contributed by atoms with van der Waals surface area (Å²) in [5, 5.41) is 0.360. The number of nitrogens with one attached hydrogen (secondary N) is 1. The number of benzene rings is 2. The second-order valence-electron chi connectivity index (χ2n) is 4.08. The highest BCUT2D eigenvalue weighted by molar-refractivity contribution is 14.1. The van der Waals surface area contributed by atoms with Crippen LogP contribution in [0, 0.1) is 3.57 Å². The first-order valence-electron chi connectivity index (χ1n) is 5.69. The summed E-state index contributed by atoms with van der Waals surface area (Å²) in [6.07, 6.45) is 0. The third kappa shape index (κ3) is 3.63. The lowest BCUT2D eigenvalue weighted by molar-refractivity contribution is 0.601. The van der Waals surface area contributed by atoms with Crippen molar-refractivity contribution in [2.24, 2.45) is 5.73 Å². The molecule has 0 aliphatic heterocycles. The lowest BCUT2D eigenvalue weighted by Gasteiger charge is -2.10. The maximum Gasteiger partial charge on any atom is 0.261 e. The molecule has 0 aliphatic carbocycles. The standard InChI is InChI=1S/C13H12ClIN2O2S/c14-12-7-10(15)3-6-13(12)17-20(18,19)11-4-1-9(8-16)2-5-11/h1-7,17H,8,16H2. The van der Waals surface area contributed by atoms with Crippen molar-refractivity contribution in [2.45, 2.75) is 11.4 Å². The van der Waals surface area contributed by atoms with Gasteiger partial charge in [-0.15, -0.1) is 0 Å². The van der Waals surface area contributed by atoms with E-state index in [9.17, 15) is 8.42 Å². The maximum absolute atomic E-state index is 12.2. The normalized spacial score (nSPS) is 11.3. The first kappa shape index (κ1) is 15.6. The van der Waals surface area contributed by atoms with Crippen LogP contribution in [0.2, 0.25) is 5.02 Å². The second-order valence-corrected chi connectivity index (χ2v) is 7.41. The molecule has 0 heterocycles. The van der Waals surface area contributed by atoms with Gasteiger partial charge >= 0.3 is 0 Å². The summed E-state index contributed by atoms with van der Waals surface area (Å²) in [6, 6.07) is 11.5. The van der Waals surface area contributed by atoms with E-state index in [-0.39, 0.29) is 4.90 Å². The molecule has 0 saturated heterocycles. The summed E-state index contributed by atoms with van der Waals surface area (Å²) in [4.78, 5) is 0.171. The maximum atomic E-state index is 12.2. The topological polar surface area (TPSA) is 72.2 Å². The largest absolute Gasteiger partial charge is 0.326 e. The fourth-order valence-electron chi connectivity index (χ4n) is 1.58. The highest BCUT2D eigenvalue weighted by atomic mass is 127. The molecule has 0 radical (unpaired) electrons. The van der Waals surface area contributed by atoms with E-state index in [0.29, 0.717) is 17.3 Å². The number of halogens is 2. The van der Waals surface area contributed by atoms with Crippen LogP contribution in [0.15, 0.2) is 47.4 Å². The molecule has 0 spiro atoms. The van der Waals surface area contributed by atoms with Crippen LogP contribution in [0.3, 0.4) is 0 Å². The van der Waals surface area contributed by atoms with Crippen LogP contribution in [0.25, 0.3) is 0 Å². The van der Waals surface area contributed by atoms with Crippen molar-refractivity contribution in [3.05, 3.63) is 56.6 Å². The average Bonchev–Trinajstić information content (AvgIpc) is 2.42. The molecule has 2 aromatic carbocycles. The zero-order chi connectivity index (χ0) is 14.8. The van der Waals surface area contributed by atoms with E-state index in [2.05, 4.69) is 27.3 Å². The molecule has 0 fully saturated rings. The summed E-state index contributed by atoms with van der Waals surface area (Å²) in [5.74, 6) is 0. The highest BCUT2D eigenvalue weighted by Gasteiger charge is 2.15. The van der Waals surface area contributed by atoms with Gasteiger partial charge in [-0.1, -0.05) is 23.7 Å². The minimum Gasteiger partial charge on any atom is -0.326 e. The van der Waals surface area contributed by atoms with Gasteiger partial charge in [0.1, 0.15) is 0 Å². The Bertz CT molecular complexity index is 718. The Morgan fingerprint density at radius 1 is 1.15 bits per heavy atom. The minimum absolute atomic E-state index is 0.171. The molecule has 2 aromatic rings. The van der Waals surface area contributed by atoms with Crippen molar-refractivity contribution in [1.29, 1.82) is 0 Å². The summed E-state index contributed by atoms with van der Waals surface area (Å²) >= 11 is 8.13. The predicted molar refractivity (Wildman–Crippen MR) is 89.3 cm³/mol. The fraction of sp³-hybridized carbons (Fsp3) is 0.0769. The van der Waals surface area contributed by atoms with Crippen molar-refractivity contribution in [3.8, 4) is 0 Å². The first-order valence-corrected chi connectivity index (χ1v) is 8.63. The van der Waals surface area contributed by atoms with Crippen molar-refractivity contribution < 1.29 is 8.42 Å². The third-order valence-corrected chi connectivity index (χ3v) is 5.01. The molecule has 0 unspecified atom stereocenters. The molecule has 0 bridgehead atoms. The van der Waals surface area contributed by atoms with Crippen molar-refractivity contribution in [2.75, 3.05) is 4.72 Å². The van der Waals surface area contributed by atoms with Crippen molar-refractivity contribution in [1.82, 2.24) is 0 Å². The van der Waals surface area contributed by atoms with Gasteiger partial charge in [0.15, 0.2) is 0 Å². The lowest BCUT2D eigenvalue weighted by Crippen LogP contribution is -2.13. The van der Waals surface area contributed by atoms with E-state index in [1.807, 2.05) is 0 Å². The van der Waals surface area contributed by atoms with Gasteiger partial charge in [-0.3, -0.25) is 4.72 Å². The average molecular weight is 423 g/mol. The minimum atomic E-state index is -3.65. The SMILES string of the molecule is NCc1ccc(S(=O)(=O)Nc2ccc(I)cc2Cl)cc1. The molecule has 0 aromatic heterocycles. The Hall–Kier alpha value is -0.830. The first-order chi connectivity index (χ1) is 9.42. The predicted octanol–water partition coefficient (Wildman–Crippen LogP) is 3.20. The number of sulfonamides is 1. The summed E-state index contributed by atoms with van der Waals surface area (Å²) in [7, 11) is -3.65. The van der Waals surface area contributed by atoms with Crippen LogP contribution >= 0.6 is 34.2 Å². The molecular formula is C13H12ClIN2O2S. The van der Waals surface area contributed by atoms with E-state index in [0.717, 1.165) is 9.13 Å². The molecule has 0 amide bonds. The number of anilines is 1. The fourth-order valence-corrected chi connectivity index (χ4v) is 3.62. The zero-order valence-corrected chi connectivity index (χ0v) is 14.0. The van der Waals surface area contributed by atoms with Crippen LogP contribution in [0.4, 0.5) is 5.69 Å². The number of hydrogen-bond donors (Lipinski definition) is 2. The molecule has 20 heavy (non-hydrogen) atoms. The molecule has 106 valence electrons. The molecule has 0 aliphatic rings. The van der Waals surface area contributed by atoms with Crippen LogP contribution in [0.5, 0.6) is 0 Å². The van der Waals surface area contributed by atoms with Gasteiger partial charge in [-0.25, -0.2) is 8.42 Å². The van der Waals surface area contributed by atoms with E-state index >= 15 is 0 Å². The number of nitrogens with two attached hydrogens (primary N) is 1. The Labute approximate surface area is 136 Å². The van der Waals surface area contributed by atoms with Gasteiger partial charge in [0.05, 0.1) is 15.6 Å². The van der Waals surface area contributed by atoms with Crippen LogP contribution < -0.4 is 10.5 Å². The summed E-state index contributed by atoms with van der Waals surface area (Å²) in [6.45, 7) is 0.372. The monoisotopic (exact) mass is 422 g/mol. The molecule has 4 nitrogen and oxygen atoms in total. The molecule has 0 atom stereocenters. The van der Waals surface area contributed by atoms with Gasteiger partial charge in [0.2, 0.25) is 0 Å². The van der Waals surface area contributed by atoms with Gasteiger partial charge in [0, 0.05) is 10.1 Å². The number of hydrogen-bond acceptors (Lipinski definition) is 3. The van der Waals surface area contributed by atoms with E-state index in [4.69, 9.17) is 17.3 Å². The smallest absolute Gasteiger partial charge is 0.261 e.